The molecule has 2 N–H and O–H groups in total. The van der Waals surface area contributed by atoms with Gasteiger partial charge >= 0.3 is 0 Å². The minimum atomic E-state index is -0.769. The first-order valence-electron chi connectivity index (χ1n) is 10.7. The summed E-state index contributed by atoms with van der Waals surface area (Å²) in [6, 6.07) is 6.42. The highest BCUT2D eigenvalue weighted by Gasteiger charge is 2.51. The van der Waals surface area contributed by atoms with Gasteiger partial charge in [0.05, 0.1) is 18.3 Å². The summed E-state index contributed by atoms with van der Waals surface area (Å²) in [5.74, 6) is 0.797. The first-order chi connectivity index (χ1) is 14.4. The van der Waals surface area contributed by atoms with Crippen LogP contribution in [0, 0.1) is 34.9 Å². The van der Waals surface area contributed by atoms with Crippen LogP contribution in [-0.4, -0.2) is 33.8 Å². The molecule has 1 aliphatic carbocycles. The topological polar surface area (TPSA) is 82.7 Å². The molecular weight excluding hydrogens is 381 g/mol. The van der Waals surface area contributed by atoms with E-state index in [1.54, 1.807) is 16.9 Å². The van der Waals surface area contributed by atoms with Gasteiger partial charge in [-0.1, -0.05) is 26.0 Å². The fraction of sp³-hybridized carbons (Fsp3) is 0.522. The predicted octanol–water partition coefficient (Wildman–Crippen LogP) is 2.89. The molecule has 2 aromatic rings. The highest BCUT2D eigenvalue weighted by atomic mass is 19.1. The minimum absolute atomic E-state index is 0.134. The van der Waals surface area contributed by atoms with Crippen LogP contribution >= 0.6 is 0 Å². The quantitative estimate of drug-likeness (QED) is 0.769. The van der Waals surface area contributed by atoms with E-state index < -0.39 is 6.04 Å². The number of benzene rings is 1. The van der Waals surface area contributed by atoms with Crippen LogP contribution in [0.2, 0.25) is 0 Å². The van der Waals surface area contributed by atoms with E-state index >= 15 is 0 Å². The van der Waals surface area contributed by atoms with E-state index in [1.807, 2.05) is 19.2 Å². The smallest absolute Gasteiger partial charge is 0.238 e. The highest BCUT2D eigenvalue weighted by Crippen LogP contribution is 2.44. The van der Waals surface area contributed by atoms with E-state index in [4.69, 9.17) is 0 Å². The van der Waals surface area contributed by atoms with Crippen molar-refractivity contribution in [2.45, 2.75) is 58.3 Å². The van der Waals surface area contributed by atoms with Gasteiger partial charge in [0, 0.05) is 30.8 Å². The van der Waals surface area contributed by atoms with Crippen molar-refractivity contribution in [2.24, 2.45) is 17.8 Å². The number of aromatic nitrogens is 2. The number of nitrogens with zero attached hydrogens (tertiary/aromatic N) is 3. The summed E-state index contributed by atoms with van der Waals surface area (Å²) in [7, 11) is 0. The largest absolute Gasteiger partial charge is 0.339 e. The van der Waals surface area contributed by atoms with Gasteiger partial charge in [-0.25, -0.2) is 4.39 Å². The average molecular weight is 410 g/mol. The molecule has 0 radical (unpaired) electrons. The van der Waals surface area contributed by atoms with E-state index in [1.165, 1.54) is 6.07 Å². The number of nitrogens with one attached hydrogen (secondary N) is 2. The lowest BCUT2D eigenvalue weighted by Crippen LogP contribution is -2.54. The van der Waals surface area contributed by atoms with Gasteiger partial charge in [0.15, 0.2) is 0 Å². The van der Waals surface area contributed by atoms with Crippen molar-refractivity contribution in [3.8, 4) is 17.2 Å². The van der Waals surface area contributed by atoms with E-state index in [0.717, 1.165) is 24.1 Å². The zero-order valence-electron chi connectivity index (χ0n) is 17.6. The van der Waals surface area contributed by atoms with Gasteiger partial charge in [-0.15, -0.1) is 0 Å². The minimum Gasteiger partial charge on any atom is -0.339 e. The average Bonchev–Trinajstić information content (AvgIpc) is 3.45. The molecule has 6 nitrogen and oxygen atoms in total. The van der Waals surface area contributed by atoms with Crippen molar-refractivity contribution in [3.05, 3.63) is 42.0 Å². The van der Waals surface area contributed by atoms with Crippen molar-refractivity contribution >= 4 is 5.91 Å². The molecule has 30 heavy (non-hydrogen) atoms. The van der Waals surface area contributed by atoms with Gasteiger partial charge in [0.2, 0.25) is 5.91 Å². The molecule has 2 fully saturated rings. The maximum Gasteiger partial charge on any atom is 0.238 e. The number of carbonyl (C=O) groups is 1. The van der Waals surface area contributed by atoms with Crippen LogP contribution in [0.4, 0.5) is 4.39 Å². The lowest BCUT2D eigenvalue weighted by Gasteiger charge is -2.32. The SMILES string of the molecule is CCn1cc(-c2ccc(C[C@@H](C#N)NC(=O)[C@H]3N[C@H]4C[C@H]3[C@H](C)[C@@H]4C)c(F)c2)cn1. The molecule has 4 rings (SSSR count). The number of halogens is 1. The standard InChI is InChI=1S/C23H28FN5O/c1-4-29-12-17(11-26-29)15-5-6-16(20(24)8-15)7-18(10-25)27-23(30)22-19-9-21(28-22)14(3)13(19)2/h5-6,8,11-14,18-19,21-22,28H,4,7,9H2,1-3H3,(H,27,30)/t13-,14+,18+,19+,21+,22+/m1/s1. The summed E-state index contributed by atoms with van der Waals surface area (Å²) in [4.78, 5) is 12.8. The van der Waals surface area contributed by atoms with Crippen molar-refractivity contribution in [2.75, 3.05) is 0 Å². The second kappa shape index (κ2) is 8.19. The summed E-state index contributed by atoms with van der Waals surface area (Å²) < 4.78 is 16.5. The molecule has 1 saturated carbocycles. The predicted molar refractivity (Wildman–Crippen MR) is 112 cm³/mol. The highest BCUT2D eigenvalue weighted by molar-refractivity contribution is 5.83. The summed E-state index contributed by atoms with van der Waals surface area (Å²) in [5, 5.41) is 20.0. The number of nitriles is 1. The zero-order chi connectivity index (χ0) is 21.4. The van der Waals surface area contributed by atoms with E-state index in [-0.39, 0.29) is 24.2 Å². The Kier molecular flexibility index (Phi) is 5.61. The molecule has 2 heterocycles. The Morgan fingerprint density at radius 3 is 2.80 bits per heavy atom. The summed E-state index contributed by atoms with van der Waals surface area (Å²) in [5.41, 5.74) is 2.00. The van der Waals surface area contributed by atoms with Crippen molar-refractivity contribution in [1.29, 1.82) is 5.26 Å². The van der Waals surface area contributed by atoms with Gasteiger partial charge < -0.3 is 10.6 Å². The van der Waals surface area contributed by atoms with Crippen LogP contribution in [-0.2, 0) is 17.8 Å². The molecule has 2 bridgehead atoms. The molecule has 1 aromatic carbocycles. The number of piperidine rings is 1. The lowest BCUT2D eigenvalue weighted by molar-refractivity contribution is -0.125. The summed E-state index contributed by atoms with van der Waals surface area (Å²) in [6.45, 7) is 7.15. The lowest BCUT2D eigenvalue weighted by atomic mass is 9.84. The van der Waals surface area contributed by atoms with Gasteiger partial charge in [-0.05, 0) is 48.3 Å². The Hall–Kier alpha value is -2.72. The fourth-order valence-corrected chi connectivity index (χ4v) is 4.95. The van der Waals surface area contributed by atoms with Crippen LogP contribution in [0.5, 0.6) is 0 Å². The van der Waals surface area contributed by atoms with Crippen molar-refractivity contribution in [3.63, 3.8) is 0 Å². The molecule has 1 saturated heterocycles. The first kappa shape index (κ1) is 20.5. The molecule has 1 amide bonds. The second-order valence-electron chi connectivity index (χ2n) is 8.65. The Morgan fingerprint density at radius 1 is 1.40 bits per heavy atom. The molecule has 158 valence electrons. The van der Waals surface area contributed by atoms with Gasteiger partial charge in [-0.3, -0.25) is 9.48 Å². The van der Waals surface area contributed by atoms with E-state index in [0.29, 0.717) is 29.4 Å². The first-order valence-corrected chi connectivity index (χ1v) is 10.7. The van der Waals surface area contributed by atoms with Crippen LogP contribution in [0.25, 0.3) is 11.1 Å². The number of hydrogen-bond donors (Lipinski definition) is 2. The van der Waals surface area contributed by atoms with Gasteiger partial charge in [0.1, 0.15) is 11.9 Å². The third-order valence-electron chi connectivity index (χ3n) is 7.01. The third kappa shape index (κ3) is 3.72. The zero-order valence-corrected chi connectivity index (χ0v) is 17.6. The normalized spacial score (nSPS) is 28.3. The number of aryl methyl sites for hydroxylation is 1. The molecule has 0 unspecified atom stereocenters. The summed E-state index contributed by atoms with van der Waals surface area (Å²) in [6.07, 6.45) is 4.72. The molecule has 7 heteroatoms. The molecule has 1 aromatic heterocycles. The van der Waals surface area contributed by atoms with Gasteiger partial charge in [0.25, 0.3) is 0 Å². The van der Waals surface area contributed by atoms with Gasteiger partial charge in [-0.2, -0.15) is 10.4 Å². The number of rotatable bonds is 6. The number of carbonyl (C=O) groups excluding carboxylic acids is 1. The Morgan fingerprint density at radius 2 is 2.20 bits per heavy atom. The third-order valence-corrected chi connectivity index (χ3v) is 7.01. The molecule has 2 aliphatic rings. The van der Waals surface area contributed by atoms with Crippen LogP contribution in [0.3, 0.4) is 0 Å². The number of hydrogen-bond acceptors (Lipinski definition) is 4. The number of amides is 1. The van der Waals surface area contributed by atoms with Crippen LogP contribution in [0.15, 0.2) is 30.6 Å². The maximum absolute atomic E-state index is 14.7. The molecular formula is C23H28FN5O. The van der Waals surface area contributed by atoms with E-state index in [2.05, 4.69) is 35.6 Å². The molecule has 6 atom stereocenters. The molecule has 1 aliphatic heterocycles. The monoisotopic (exact) mass is 409 g/mol. The van der Waals surface area contributed by atoms with Crippen LogP contribution in [0.1, 0.15) is 32.8 Å². The Balaban J connectivity index is 1.41. The Bertz CT molecular complexity index is 978. The Labute approximate surface area is 176 Å². The van der Waals surface area contributed by atoms with E-state index in [9.17, 15) is 14.4 Å². The van der Waals surface area contributed by atoms with Crippen LogP contribution < -0.4 is 10.6 Å². The fourth-order valence-electron chi connectivity index (χ4n) is 4.95. The second-order valence-corrected chi connectivity index (χ2v) is 8.65. The van der Waals surface area contributed by atoms with Crippen molar-refractivity contribution in [1.82, 2.24) is 20.4 Å². The maximum atomic E-state index is 14.7. The summed E-state index contributed by atoms with van der Waals surface area (Å²) >= 11 is 0. The molecule has 0 spiro atoms. The van der Waals surface area contributed by atoms with Crippen molar-refractivity contribution < 1.29 is 9.18 Å². The number of fused-ring (bicyclic) bond motifs is 2.